The average molecular weight is 511 g/mol. The lowest BCUT2D eigenvalue weighted by Crippen LogP contribution is -2.42. The van der Waals surface area contributed by atoms with Crippen LogP contribution in [0.15, 0.2) is 0 Å². The molecule has 1 saturated heterocycles. The van der Waals surface area contributed by atoms with E-state index in [2.05, 4.69) is 67.6 Å². The largest absolute Gasteiger partial charge is 0.383 e. The fourth-order valence-electron chi connectivity index (χ4n) is 6.49. The van der Waals surface area contributed by atoms with Crippen molar-refractivity contribution in [3.05, 3.63) is 0 Å². The van der Waals surface area contributed by atoms with Crippen LogP contribution in [0.4, 0.5) is 0 Å². The van der Waals surface area contributed by atoms with Crippen LogP contribution in [0.2, 0.25) is 0 Å². The van der Waals surface area contributed by atoms with Gasteiger partial charge in [-0.1, -0.05) is 82.6 Å². The zero-order valence-corrected chi connectivity index (χ0v) is 26.2. The number of ether oxygens (including phenoxy) is 1. The summed E-state index contributed by atoms with van der Waals surface area (Å²) < 4.78 is 5.31. The van der Waals surface area contributed by atoms with E-state index in [0.29, 0.717) is 31.4 Å². The lowest BCUT2D eigenvalue weighted by Gasteiger charge is -2.37. The first kappa shape index (κ1) is 34.9. The maximum Gasteiger partial charge on any atom is 0.223 e. The predicted octanol–water partition coefficient (Wildman–Crippen LogP) is 7.62. The molecule has 5 nitrogen and oxygen atoms in total. The number of amides is 2. The number of carbonyl (C=O) groups excluding carboxylic acids is 2. The molecule has 1 unspecified atom stereocenters. The van der Waals surface area contributed by atoms with Gasteiger partial charge in [-0.2, -0.15) is 0 Å². The molecule has 0 aromatic rings. The molecular weight excluding hydrogens is 448 g/mol. The van der Waals surface area contributed by atoms with E-state index in [1.807, 2.05) is 18.7 Å². The highest BCUT2D eigenvalue weighted by molar-refractivity contribution is 5.77. The van der Waals surface area contributed by atoms with Crippen LogP contribution in [0.1, 0.15) is 134 Å². The first-order valence-electron chi connectivity index (χ1n) is 14.6. The minimum atomic E-state index is -0.127. The summed E-state index contributed by atoms with van der Waals surface area (Å²) in [6, 6.07) is 0.220. The zero-order chi connectivity index (χ0) is 28.2. The lowest BCUT2D eigenvalue weighted by molar-refractivity contribution is -0.135. The quantitative estimate of drug-likeness (QED) is 0.246. The molecule has 1 rings (SSSR count). The Labute approximate surface area is 224 Å². The lowest BCUT2D eigenvalue weighted by atomic mass is 9.71. The zero-order valence-electron chi connectivity index (χ0n) is 26.2. The Hall–Kier alpha value is -1.10. The van der Waals surface area contributed by atoms with Crippen LogP contribution >= 0.6 is 0 Å². The molecule has 0 aromatic carbocycles. The van der Waals surface area contributed by atoms with Gasteiger partial charge in [0.2, 0.25) is 11.8 Å². The molecule has 2 amide bonds. The molecule has 0 radical (unpaired) electrons. The molecule has 1 atom stereocenters. The summed E-state index contributed by atoms with van der Waals surface area (Å²) in [6.07, 6.45) is 8.55. The van der Waals surface area contributed by atoms with Crippen LogP contribution in [0.5, 0.6) is 0 Å². The van der Waals surface area contributed by atoms with Gasteiger partial charge < -0.3 is 15.0 Å². The van der Waals surface area contributed by atoms with Gasteiger partial charge in [0.15, 0.2) is 0 Å². The number of hydrogen-bond acceptors (Lipinski definition) is 3. The molecule has 1 heterocycles. The third-order valence-corrected chi connectivity index (χ3v) is 7.32. The van der Waals surface area contributed by atoms with Gasteiger partial charge in [-0.25, -0.2) is 0 Å². The second kappa shape index (κ2) is 15.3. The third kappa shape index (κ3) is 14.0. The van der Waals surface area contributed by atoms with Crippen molar-refractivity contribution >= 4 is 11.8 Å². The minimum Gasteiger partial charge on any atom is -0.383 e. The van der Waals surface area contributed by atoms with Crippen molar-refractivity contribution in [1.29, 1.82) is 0 Å². The summed E-state index contributed by atoms with van der Waals surface area (Å²) >= 11 is 0. The van der Waals surface area contributed by atoms with E-state index >= 15 is 0 Å². The maximum atomic E-state index is 13.0. The van der Waals surface area contributed by atoms with E-state index in [9.17, 15) is 9.59 Å². The van der Waals surface area contributed by atoms with Gasteiger partial charge in [0.05, 0.1) is 12.6 Å². The number of hydrogen-bond donors (Lipinski definition) is 1. The first-order chi connectivity index (χ1) is 16.5. The van der Waals surface area contributed by atoms with Crippen LogP contribution in [0.25, 0.3) is 0 Å². The Balaban J connectivity index is 0.00000596. The maximum absolute atomic E-state index is 13.0. The topological polar surface area (TPSA) is 58.6 Å². The van der Waals surface area contributed by atoms with Crippen molar-refractivity contribution in [2.45, 2.75) is 140 Å². The molecule has 0 bridgehead atoms. The summed E-state index contributed by atoms with van der Waals surface area (Å²) in [6.45, 7) is 26.4. The Kier molecular flexibility index (Phi) is 14.9. The Morgan fingerprint density at radius 1 is 0.889 bits per heavy atom. The molecular formula is C31H62N2O3. The highest BCUT2D eigenvalue weighted by atomic mass is 16.5. The van der Waals surface area contributed by atoms with Crippen molar-refractivity contribution in [3.63, 3.8) is 0 Å². The van der Waals surface area contributed by atoms with E-state index in [1.165, 1.54) is 12.8 Å². The van der Waals surface area contributed by atoms with Crippen LogP contribution in [0, 0.1) is 21.7 Å². The molecule has 1 fully saturated rings. The first-order valence-corrected chi connectivity index (χ1v) is 14.6. The Morgan fingerprint density at radius 3 is 2.00 bits per heavy atom. The van der Waals surface area contributed by atoms with E-state index in [4.69, 9.17) is 4.74 Å². The number of nitrogens with zero attached hydrogens (tertiary/aromatic N) is 1. The average Bonchev–Trinajstić information content (AvgIpc) is 3.19. The van der Waals surface area contributed by atoms with Crippen LogP contribution in [-0.4, -0.2) is 49.6 Å². The van der Waals surface area contributed by atoms with Gasteiger partial charge in [-0.05, 0) is 60.2 Å². The SMILES string of the molecule is CC.CCCC(C)(C)CC(C)(C)CCC(=O)NCC(C)(C)CC(C)(C)CC(=O)N1CCCC1COC. The van der Waals surface area contributed by atoms with Crippen LogP contribution in [-0.2, 0) is 14.3 Å². The molecule has 214 valence electrons. The van der Waals surface area contributed by atoms with Crippen molar-refractivity contribution in [3.8, 4) is 0 Å². The molecule has 36 heavy (non-hydrogen) atoms. The second-order valence-electron chi connectivity index (χ2n) is 14.1. The van der Waals surface area contributed by atoms with Gasteiger partial charge in [-0.3, -0.25) is 9.59 Å². The summed E-state index contributed by atoms with van der Waals surface area (Å²) in [5, 5.41) is 3.19. The summed E-state index contributed by atoms with van der Waals surface area (Å²) in [5.74, 6) is 0.375. The standard InChI is InChI=1S/C29H56N2O3.C2H6/c1-11-15-26(2,3)20-27(4,5)16-14-24(32)30-22-29(8,9)21-28(6,7)18-25(33)31-17-12-13-23(31)19-34-10;1-2/h23H,11-22H2,1-10H3,(H,30,32);1-2H3. The number of methoxy groups -OCH3 is 1. The highest BCUT2D eigenvalue weighted by Crippen LogP contribution is 2.40. The fourth-order valence-corrected chi connectivity index (χ4v) is 6.49. The highest BCUT2D eigenvalue weighted by Gasteiger charge is 2.35. The minimum absolute atomic E-state index is 0.0744. The molecule has 1 aliphatic rings. The van der Waals surface area contributed by atoms with Gasteiger partial charge in [0.25, 0.3) is 0 Å². The molecule has 1 aliphatic heterocycles. The number of likely N-dealkylation sites (tertiary alicyclic amines) is 1. The molecule has 5 heteroatoms. The van der Waals surface area contributed by atoms with Crippen molar-refractivity contribution in [1.82, 2.24) is 10.2 Å². The second-order valence-corrected chi connectivity index (χ2v) is 14.1. The summed E-state index contributed by atoms with van der Waals surface area (Å²) in [7, 11) is 1.70. The summed E-state index contributed by atoms with van der Waals surface area (Å²) in [5.41, 5.74) is 0.274. The number of rotatable bonds is 15. The number of nitrogens with one attached hydrogen (secondary N) is 1. The summed E-state index contributed by atoms with van der Waals surface area (Å²) in [4.78, 5) is 27.7. The van der Waals surface area contributed by atoms with Gasteiger partial charge in [0.1, 0.15) is 0 Å². The van der Waals surface area contributed by atoms with Crippen molar-refractivity contribution in [2.24, 2.45) is 21.7 Å². The normalized spacial score (nSPS) is 17.0. The van der Waals surface area contributed by atoms with E-state index in [-0.39, 0.29) is 34.1 Å². The van der Waals surface area contributed by atoms with E-state index in [1.54, 1.807) is 7.11 Å². The van der Waals surface area contributed by atoms with E-state index < -0.39 is 0 Å². The number of carbonyl (C=O) groups is 2. The Morgan fingerprint density at radius 2 is 1.44 bits per heavy atom. The van der Waals surface area contributed by atoms with Gasteiger partial charge in [0, 0.05) is 33.0 Å². The van der Waals surface area contributed by atoms with Crippen molar-refractivity contribution in [2.75, 3.05) is 26.8 Å². The Bertz CT molecular complexity index is 652. The molecule has 0 aliphatic carbocycles. The fraction of sp³-hybridized carbons (Fsp3) is 0.935. The van der Waals surface area contributed by atoms with E-state index in [0.717, 1.165) is 38.6 Å². The monoisotopic (exact) mass is 510 g/mol. The molecule has 1 N–H and O–H groups in total. The molecule has 0 aromatic heterocycles. The smallest absolute Gasteiger partial charge is 0.223 e. The van der Waals surface area contributed by atoms with Crippen LogP contribution < -0.4 is 5.32 Å². The van der Waals surface area contributed by atoms with Gasteiger partial charge in [-0.15, -0.1) is 0 Å². The predicted molar refractivity (Wildman–Crippen MR) is 154 cm³/mol. The van der Waals surface area contributed by atoms with Gasteiger partial charge >= 0.3 is 0 Å². The third-order valence-electron chi connectivity index (χ3n) is 7.32. The molecule has 0 saturated carbocycles. The molecule has 0 spiro atoms. The van der Waals surface area contributed by atoms with Crippen molar-refractivity contribution < 1.29 is 14.3 Å². The van der Waals surface area contributed by atoms with Crippen LogP contribution in [0.3, 0.4) is 0 Å².